The minimum atomic E-state index is -0.597. The molecule has 2 aromatic rings. The van der Waals surface area contributed by atoms with Crippen LogP contribution in [0.2, 0.25) is 0 Å². The number of rotatable bonds is 3. The first-order valence-corrected chi connectivity index (χ1v) is 7.21. The Morgan fingerprint density at radius 1 is 1.63 bits per heavy atom. The van der Waals surface area contributed by atoms with Crippen LogP contribution >= 0.6 is 11.3 Å². The Balaban J connectivity index is 1.86. The van der Waals surface area contributed by atoms with Crippen LogP contribution in [0.15, 0.2) is 17.5 Å². The molecule has 2 atom stereocenters. The van der Waals surface area contributed by atoms with Gasteiger partial charge in [-0.25, -0.2) is 0 Å². The number of fused-ring (bicyclic) bond motifs is 1. The van der Waals surface area contributed by atoms with Crippen LogP contribution in [-0.4, -0.2) is 52.8 Å². The minimum Gasteiger partial charge on any atom is -0.388 e. The number of ether oxygens (including phenoxy) is 1. The van der Waals surface area contributed by atoms with E-state index in [1.807, 2.05) is 24.4 Å². The Hall–Kier alpha value is -1.37. The van der Waals surface area contributed by atoms with E-state index in [1.165, 1.54) is 0 Å². The van der Waals surface area contributed by atoms with Gasteiger partial charge in [-0.3, -0.25) is 4.79 Å². The second-order valence-corrected chi connectivity index (χ2v) is 5.59. The SMILES string of the molecule is CCN(C(=O)c1cc2sccc2[nH]1)[C@H]1COC[C@@H]1O. The quantitative estimate of drug-likeness (QED) is 0.894. The van der Waals surface area contributed by atoms with E-state index in [1.54, 1.807) is 16.2 Å². The number of hydrogen-bond acceptors (Lipinski definition) is 4. The molecule has 0 radical (unpaired) electrons. The lowest BCUT2D eigenvalue weighted by Gasteiger charge is -2.28. The highest BCUT2D eigenvalue weighted by Crippen LogP contribution is 2.23. The smallest absolute Gasteiger partial charge is 0.270 e. The molecule has 0 aromatic carbocycles. The summed E-state index contributed by atoms with van der Waals surface area (Å²) in [6, 6.07) is 3.58. The number of carbonyl (C=O) groups is 1. The fourth-order valence-corrected chi connectivity index (χ4v) is 3.26. The van der Waals surface area contributed by atoms with Gasteiger partial charge in [0, 0.05) is 6.54 Å². The van der Waals surface area contributed by atoms with Gasteiger partial charge in [0.05, 0.1) is 35.6 Å². The number of aromatic nitrogens is 1. The zero-order valence-electron chi connectivity index (χ0n) is 10.6. The topological polar surface area (TPSA) is 65.6 Å². The third kappa shape index (κ3) is 2.16. The molecule has 0 unspecified atom stereocenters. The summed E-state index contributed by atoms with van der Waals surface area (Å²) in [5.41, 5.74) is 1.55. The van der Waals surface area contributed by atoms with Crippen molar-refractivity contribution in [2.24, 2.45) is 0 Å². The van der Waals surface area contributed by atoms with Crippen LogP contribution in [0.3, 0.4) is 0 Å². The number of aliphatic hydroxyl groups excluding tert-OH is 1. The molecule has 1 aliphatic heterocycles. The summed E-state index contributed by atoms with van der Waals surface area (Å²) < 4.78 is 6.30. The van der Waals surface area contributed by atoms with Gasteiger partial charge in [0.1, 0.15) is 5.69 Å². The predicted octanol–water partition coefficient (Wildman–Crippen LogP) is 1.45. The molecule has 0 saturated carbocycles. The average Bonchev–Trinajstić information content (AvgIpc) is 3.05. The van der Waals surface area contributed by atoms with Crippen LogP contribution in [0.5, 0.6) is 0 Å². The molecule has 3 heterocycles. The lowest BCUT2D eigenvalue weighted by molar-refractivity contribution is 0.0516. The number of thiophene rings is 1. The first-order chi connectivity index (χ1) is 9.20. The Kier molecular flexibility index (Phi) is 3.30. The van der Waals surface area contributed by atoms with Crippen LogP contribution < -0.4 is 0 Å². The molecule has 2 aromatic heterocycles. The number of nitrogens with zero attached hydrogens (tertiary/aromatic N) is 1. The monoisotopic (exact) mass is 280 g/mol. The summed E-state index contributed by atoms with van der Waals surface area (Å²) in [5, 5.41) is 11.8. The standard InChI is InChI=1S/C13H16N2O3S/c1-2-15(10-6-18-7-11(10)16)13(17)9-5-12-8(14-9)3-4-19-12/h3-5,10-11,14,16H,2,6-7H2,1H3/t10-,11-/m0/s1. The Labute approximate surface area is 114 Å². The van der Waals surface area contributed by atoms with Crippen molar-refractivity contribution in [1.82, 2.24) is 9.88 Å². The third-order valence-electron chi connectivity index (χ3n) is 3.49. The highest BCUT2D eigenvalue weighted by Gasteiger charge is 2.34. The maximum Gasteiger partial charge on any atom is 0.270 e. The number of H-pyrrole nitrogens is 1. The van der Waals surface area contributed by atoms with Crippen molar-refractivity contribution in [1.29, 1.82) is 0 Å². The number of aliphatic hydroxyl groups is 1. The van der Waals surface area contributed by atoms with Crippen LogP contribution in [0.4, 0.5) is 0 Å². The highest BCUT2D eigenvalue weighted by atomic mass is 32.1. The summed E-state index contributed by atoms with van der Waals surface area (Å²) >= 11 is 1.60. The van der Waals surface area contributed by atoms with E-state index < -0.39 is 6.10 Å². The molecule has 1 amide bonds. The molecule has 1 saturated heterocycles. The molecule has 6 heteroatoms. The van der Waals surface area contributed by atoms with E-state index in [0.717, 1.165) is 10.2 Å². The third-order valence-corrected chi connectivity index (χ3v) is 4.36. The van der Waals surface area contributed by atoms with Crippen molar-refractivity contribution in [2.75, 3.05) is 19.8 Å². The Morgan fingerprint density at radius 3 is 3.11 bits per heavy atom. The Morgan fingerprint density at radius 2 is 2.47 bits per heavy atom. The molecule has 1 aliphatic rings. The number of likely N-dealkylation sites (N-methyl/N-ethyl adjacent to an activating group) is 1. The van der Waals surface area contributed by atoms with Gasteiger partial charge in [0.15, 0.2) is 0 Å². The lowest BCUT2D eigenvalue weighted by Crippen LogP contribution is -2.46. The van der Waals surface area contributed by atoms with Crippen LogP contribution in [-0.2, 0) is 4.74 Å². The van der Waals surface area contributed by atoms with Crippen molar-refractivity contribution in [3.05, 3.63) is 23.2 Å². The van der Waals surface area contributed by atoms with Gasteiger partial charge in [0.25, 0.3) is 5.91 Å². The van der Waals surface area contributed by atoms with Gasteiger partial charge >= 0.3 is 0 Å². The fraction of sp³-hybridized carbons (Fsp3) is 0.462. The highest BCUT2D eigenvalue weighted by molar-refractivity contribution is 7.17. The van der Waals surface area contributed by atoms with Gasteiger partial charge in [-0.2, -0.15) is 0 Å². The fourth-order valence-electron chi connectivity index (χ4n) is 2.48. The summed E-state index contributed by atoms with van der Waals surface area (Å²) in [6.07, 6.45) is -0.597. The van der Waals surface area contributed by atoms with E-state index >= 15 is 0 Å². The normalized spacial score (nSPS) is 23.1. The van der Waals surface area contributed by atoms with E-state index in [-0.39, 0.29) is 11.9 Å². The number of carbonyl (C=O) groups excluding carboxylic acids is 1. The van der Waals surface area contributed by atoms with Crippen LogP contribution in [0, 0.1) is 0 Å². The van der Waals surface area contributed by atoms with Crippen molar-refractivity contribution in [3.8, 4) is 0 Å². The summed E-state index contributed by atoms with van der Waals surface area (Å²) in [7, 11) is 0. The van der Waals surface area contributed by atoms with Crippen molar-refractivity contribution >= 4 is 27.5 Å². The van der Waals surface area contributed by atoms with Crippen LogP contribution in [0.1, 0.15) is 17.4 Å². The second-order valence-electron chi connectivity index (χ2n) is 4.64. The van der Waals surface area contributed by atoms with Crippen LogP contribution in [0.25, 0.3) is 10.2 Å². The lowest BCUT2D eigenvalue weighted by atomic mass is 10.1. The molecule has 19 heavy (non-hydrogen) atoms. The van der Waals surface area contributed by atoms with E-state index in [9.17, 15) is 9.90 Å². The zero-order chi connectivity index (χ0) is 13.4. The number of amides is 1. The number of nitrogens with one attached hydrogen (secondary N) is 1. The summed E-state index contributed by atoms with van der Waals surface area (Å²) in [6.45, 7) is 3.16. The average molecular weight is 280 g/mol. The van der Waals surface area contributed by atoms with Crippen molar-refractivity contribution in [3.63, 3.8) is 0 Å². The minimum absolute atomic E-state index is 0.0829. The predicted molar refractivity (Wildman–Crippen MR) is 73.5 cm³/mol. The van der Waals surface area contributed by atoms with Gasteiger partial charge < -0.3 is 19.7 Å². The molecular weight excluding hydrogens is 264 g/mol. The maximum atomic E-state index is 12.5. The van der Waals surface area contributed by atoms with E-state index in [4.69, 9.17) is 4.74 Å². The molecule has 2 N–H and O–H groups in total. The zero-order valence-corrected chi connectivity index (χ0v) is 11.4. The Bertz CT molecular complexity index is 563. The molecule has 0 aliphatic carbocycles. The van der Waals surface area contributed by atoms with Gasteiger partial charge in [-0.05, 0) is 24.4 Å². The van der Waals surface area contributed by atoms with Gasteiger partial charge in [-0.1, -0.05) is 0 Å². The summed E-state index contributed by atoms with van der Waals surface area (Å²) in [4.78, 5) is 17.3. The maximum absolute atomic E-state index is 12.5. The van der Waals surface area contributed by atoms with Gasteiger partial charge in [-0.15, -0.1) is 11.3 Å². The van der Waals surface area contributed by atoms with Crippen molar-refractivity contribution < 1.29 is 14.6 Å². The molecule has 0 bridgehead atoms. The molecule has 3 rings (SSSR count). The molecule has 0 spiro atoms. The molecule has 5 nitrogen and oxygen atoms in total. The van der Waals surface area contributed by atoms with E-state index in [2.05, 4.69) is 4.98 Å². The second kappa shape index (κ2) is 4.96. The van der Waals surface area contributed by atoms with Gasteiger partial charge in [0.2, 0.25) is 0 Å². The molecular formula is C13H16N2O3S. The first kappa shape index (κ1) is 12.7. The summed E-state index contributed by atoms with van der Waals surface area (Å²) in [5.74, 6) is -0.0829. The number of aromatic amines is 1. The number of hydrogen-bond donors (Lipinski definition) is 2. The largest absolute Gasteiger partial charge is 0.388 e. The molecule has 1 fully saturated rings. The van der Waals surface area contributed by atoms with Crippen molar-refractivity contribution in [2.45, 2.75) is 19.1 Å². The van der Waals surface area contributed by atoms with E-state index in [0.29, 0.717) is 25.5 Å². The first-order valence-electron chi connectivity index (χ1n) is 6.33. The molecule has 102 valence electrons.